The fraction of sp³-hybridized carbons (Fsp3) is 0.500. The SMILES string of the molecule is COCCOC(=O)C1=C(C)N=C2SC=C(CC(=O)NC[C@@H]3CCCO3)N2[C@H]1c1cccs1. The Morgan fingerprint density at radius 1 is 1.38 bits per heavy atom. The van der Waals surface area contributed by atoms with E-state index in [4.69, 9.17) is 14.2 Å². The van der Waals surface area contributed by atoms with E-state index in [1.54, 1.807) is 18.4 Å². The standard InChI is InChI=1S/C22H27N3O5S2/c1-14-19(21(27)30-9-8-28-2)20(17-6-4-10-31-17)25-15(13-32-22(25)24-14)11-18(26)23-12-16-5-3-7-29-16/h4,6,10,13,16,20H,3,5,7-9,11-12H2,1-2H3,(H,23,26)/t16-,20-/m0/s1. The van der Waals surface area contributed by atoms with Gasteiger partial charge >= 0.3 is 5.97 Å². The zero-order chi connectivity index (χ0) is 22.5. The molecule has 1 aromatic rings. The number of carbonyl (C=O) groups is 2. The van der Waals surface area contributed by atoms with E-state index in [1.165, 1.54) is 11.8 Å². The van der Waals surface area contributed by atoms with E-state index >= 15 is 0 Å². The number of esters is 1. The summed E-state index contributed by atoms with van der Waals surface area (Å²) in [5.74, 6) is -0.492. The van der Waals surface area contributed by atoms with Crippen LogP contribution in [0.3, 0.4) is 0 Å². The number of nitrogens with zero attached hydrogens (tertiary/aromatic N) is 2. The topological polar surface area (TPSA) is 89.5 Å². The van der Waals surface area contributed by atoms with Gasteiger partial charge in [0.1, 0.15) is 12.6 Å². The zero-order valence-corrected chi connectivity index (χ0v) is 19.8. The molecule has 10 heteroatoms. The highest BCUT2D eigenvalue weighted by Crippen LogP contribution is 2.45. The molecule has 4 rings (SSSR count). The maximum atomic E-state index is 13.0. The second-order valence-electron chi connectivity index (χ2n) is 7.65. The predicted molar refractivity (Wildman–Crippen MR) is 124 cm³/mol. The molecule has 0 bridgehead atoms. The van der Waals surface area contributed by atoms with Crippen LogP contribution in [0.5, 0.6) is 0 Å². The minimum atomic E-state index is -0.417. The van der Waals surface area contributed by atoms with Crippen LogP contribution in [0.4, 0.5) is 0 Å². The predicted octanol–water partition coefficient (Wildman–Crippen LogP) is 3.20. The highest BCUT2D eigenvalue weighted by Gasteiger charge is 2.41. The van der Waals surface area contributed by atoms with Crippen molar-refractivity contribution in [2.75, 3.05) is 33.5 Å². The van der Waals surface area contributed by atoms with Gasteiger partial charge in [-0.15, -0.1) is 11.3 Å². The quantitative estimate of drug-likeness (QED) is 0.432. The van der Waals surface area contributed by atoms with Crippen molar-refractivity contribution >= 4 is 40.1 Å². The van der Waals surface area contributed by atoms with Crippen LogP contribution < -0.4 is 5.32 Å². The van der Waals surface area contributed by atoms with Crippen molar-refractivity contribution in [1.82, 2.24) is 10.2 Å². The number of nitrogens with one attached hydrogen (secondary N) is 1. The molecule has 0 saturated carbocycles. The molecule has 0 spiro atoms. The first-order chi connectivity index (χ1) is 15.6. The molecular formula is C22H27N3O5S2. The second-order valence-corrected chi connectivity index (χ2v) is 9.47. The van der Waals surface area contributed by atoms with Crippen LogP contribution >= 0.6 is 23.1 Å². The monoisotopic (exact) mass is 477 g/mol. The molecule has 1 fully saturated rings. The van der Waals surface area contributed by atoms with Gasteiger partial charge in [0, 0.05) is 30.8 Å². The summed E-state index contributed by atoms with van der Waals surface area (Å²) >= 11 is 3.03. The molecule has 8 nitrogen and oxygen atoms in total. The summed E-state index contributed by atoms with van der Waals surface area (Å²) in [7, 11) is 1.56. The number of methoxy groups -OCH3 is 1. The Morgan fingerprint density at radius 2 is 2.25 bits per heavy atom. The van der Waals surface area contributed by atoms with Gasteiger partial charge in [0.05, 0.1) is 30.4 Å². The fourth-order valence-corrected chi connectivity index (χ4v) is 5.69. The van der Waals surface area contributed by atoms with Crippen LogP contribution in [-0.2, 0) is 23.8 Å². The molecule has 0 radical (unpaired) electrons. The molecule has 1 aromatic heterocycles. The van der Waals surface area contributed by atoms with Crippen LogP contribution in [0.15, 0.2) is 44.9 Å². The molecule has 32 heavy (non-hydrogen) atoms. The van der Waals surface area contributed by atoms with Gasteiger partial charge in [0.25, 0.3) is 0 Å². The lowest BCUT2D eigenvalue weighted by Crippen LogP contribution is -2.38. The number of aliphatic imine (C=N–C) groups is 1. The highest BCUT2D eigenvalue weighted by molar-refractivity contribution is 8.16. The van der Waals surface area contributed by atoms with Gasteiger partial charge in [-0.05, 0) is 36.6 Å². The van der Waals surface area contributed by atoms with Crippen molar-refractivity contribution in [3.8, 4) is 0 Å². The molecule has 0 aliphatic carbocycles. The van der Waals surface area contributed by atoms with Crippen molar-refractivity contribution in [3.05, 3.63) is 44.8 Å². The Kier molecular flexibility index (Phi) is 7.67. The number of hydrogen-bond acceptors (Lipinski definition) is 9. The van der Waals surface area contributed by atoms with Crippen molar-refractivity contribution in [2.24, 2.45) is 4.99 Å². The molecule has 0 unspecified atom stereocenters. The Labute approximate surface area is 195 Å². The number of amides is 1. The number of rotatable bonds is 9. The number of allylic oxidation sites excluding steroid dienone is 1. The minimum Gasteiger partial charge on any atom is -0.460 e. The summed E-state index contributed by atoms with van der Waals surface area (Å²) < 4.78 is 16.0. The summed E-state index contributed by atoms with van der Waals surface area (Å²) in [5.41, 5.74) is 1.93. The van der Waals surface area contributed by atoms with Gasteiger partial charge in [-0.1, -0.05) is 17.8 Å². The number of thioether (sulfide) groups is 1. The summed E-state index contributed by atoms with van der Waals surface area (Å²) in [5, 5.41) is 7.66. The van der Waals surface area contributed by atoms with Crippen molar-refractivity contribution in [3.63, 3.8) is 0 Å². The van der Waals surface area contributed by atoms with Crippen LogP contribution in [0.2, 0.25) is 0 Å². The van der Waals surface area contributed by atoms with Crippen LogP contribution in [-0.4, -0.2) is 61.5 Å². The summed E-state index contributed by atoms with van der Waals surface area (Å²) in [6, 6.07) is 3.56. The number of carbonyl (C=O) groups excluding carboxylic acids is 2. The van der Waals surface area contributed by atoms with E-state index in [2.05, 4.69) is 10.3 Å². The van der Waals surface area contributed by atoms with Gasteiger partial charge < -0.3 is 24.4 Å². The third-order valence-electron chi connectivity index (χ3n) is 5.45. The lowest BCUT2D eigenvalue weighted by molar-refractivity contribution is -0.141. The van der Waals surface area contributed by atoms with E-state index in [-0.39, 0.29) is 31.1 Å². The van der Waals surface area contributed by atoms with Gasteiger partial charge in [-0.2, -0.15) is 0 Å². The lowest BCUT2D eigenvalue weighted by atomic mass is 9.99. The van der Waals surface area contributed by atoms with Crippen LogP contribution in [0.25, 0.3) is 0 Å². The molecule has 1 saturated heterocycles. The summed E-state index contributed by atoms with van der Waals surface area (Å²) in [4.78, 5) is 33.3. The largest absolute Gasteiger partial charge is 0.460 e. The van der Waals surface area contributed by atoms with E-state index in [9.17, 15) is 9.59 Å². The normalized spacial score (nSPS) is 22.5. The Balaban J connectivity index is 1.53. The van der Waals surface area contributed by atoms with Crippen molar-refractivity contribution in [2.45, 2.75) is 38.3 Å². The van der Waals surface area contributed by atoms with Gasteiger partial charge in [-0.3, -0.25) is 4.79 Å². The Hall–Kier alpha value is -2.14. The first-order valence-corrected chi connectivity index (χ1v) is 12.4. The van der Waals surface area contributed by atoms with Crippen LogP contribution in [0, 0.1) is 0 Å². The third-order valence-corrected chi connectivity index (χ3v) is 7.26. The molecule has 4 heterocycles. The molecule has 1 amide bonds. The van der Waals surface area contributed by atoms with E-state index < -0.39 is 5.97 Å². The second kappa shape index (κ2) is 10.7. The van der Waals surface area contributed by atoms with Crippen molar-refractivity contribution < 1.29 is 23.8 Å². The molecule has 1 N–H and O–H groups in total. The number of hydrogen-bond donors (Lipinski definition) is 1. The fourth-order valence-electron chi connectivity index (χ4n) is 3.90. The van der Waals surface area contributed by atoms with Gasteiger partial charge in [0.2, 0.25) is 5.91 Å². The number of fused-ring (bicyclic) bond motifs is 1. The van der Waals surface area contributed by atoms with Gasteiger partial charge in [-0.25, -0.2) is 9.79 Å². The molecule has 0 aromatic carbocycles. The number of amidine groups is 1. The van der Waals surface area contributed by atoms with E-state index in [0.717, 1.165) is 35.2 Å². The highest BCUT2D eigenvalue weighted by atomic mass is 32.2. The number of thiophene rings is 1. The lowest BCUT2D eigenvalue weighted by Gasteiger charge is -2.35. The van der Waals surface area contributed by atoms with E-state index in [1.807, 2.05) is 34.7 Å². The zero-order valence-electron chi connectivity index (χ0n) is 18.2. The first kappa shape index (κ1) is 23.0. The maximum absolute atomic E-state index is 13.0. The maximum Gasteiger partial charge on any atom is 0.338 e. The third kappa shape index (κ3) is 5.09. The summed E-state index contributed by atoms with van der Waals surface area (Å²) in [6.07, 6.45) is 2.30. The minimum absolute atomic E-state index is 0.0750. The first-order valence-electron chi connectivity index (χ1n) is 10.6. The molecular weight excluding hydrogens is 450 g/mol. The average molecular weight is 478 g/mol. The van der Waals surface area contributed by atoms with Gasteiger partial charge in [0.15, 0.2) is 5.17 Å². The molecule has 2 atom stereocenters. The molecule has 172 valence electrons. The Morgan fingerprint density at radius 3 is 2.97 bits per heavy atom. The number of ether oxygens (including phenoxy) is 3. The van der Waals surface area contributed by atoms with E-state index in [0.29, 0.717) is 24.4 Å². The molecule has 3 aliphatic rings. The molecule has 3 aliphatic heterocycles. The van der Waals surface area contributed by atoms with Crippen LogP contribution in [0.1, 0.15) is 37.1 Å². The van der Waals surface area contributed by atoms with Crippen molar-refractivity contribution in [1.29, 1.82) is 0 Å². The summed E-state index contributed by atoms with van der Waals surface area (Å²) in [6.45, 7) is 3.59. The smallest absolute Gasteiger partial charge is 0.338 e. The Bertz CT molecular complexity index is 935. The average Bonchev–Trinajstić information content (AvgIpc) is 3.54.